The predicted octanol–water partition coefficient (Wildman–Crippen LogP) is 2.22. The number of rotatable bonds is 3. The largest absolute Gasteiger partial charge is 0.298 e. The Morgan fingerprint density at radius 1 is 1.18 bits per heavy atom. The molecule has 0 aliphatic carbocycles. The number of pyridine rings is 1. The van der Waals surface area contributed by atoms with E-state index in [0.29, 0.717) is 5.56 Å². The number of nitro groups is 1. The van der Waals surface area contributed by atoms with Crippen LogP contribution in [0.4, 0.5) is 5.69 Å². The minimum absolute atomic E-state index is 0.0520. The third kappa shape index (κ3) is 2.17. The third-order valence-corrected chi connectivity index (χ3v) is 2.28. The highest BCUT2D eigenvalue weighted by Crippen LogP contribution is 2.19. The fraction of sp³-hybridized carbons (Fsp3) is 0. The van der Waals surface area contributed by atoms with Gasteiger partial charge in [0.1, 0.15) is 11.8 Å². The molecule has 0 bridgehead atoms. The van der Waals surface area contributed by atoms with E-state index in [0.717, 1.165) is 6.20 Å². The standard InChI is InChI=1S/C12H8N2O3/c15-12(9-4-2-1-3-5-9)10-6-7-13-8-11(10)14(16)17/h1-8H. The Labute approximate surface area is 96.9 Å². The first-order chi connectivity index (χ1) is 8.20. The number of carbonyl (C=O) groups is 1. The van der Waals surface area contributed by atoms with Crippen LogP contribution in [0.5, 0.6) is 0 Å². The zero-order chi connectivity index (χ0) is 12.3. The van der Waals surface area contributed by atoms with Crippen LogP contribution in [0.3, 0.4) is 0 Å². The number of benzene rings is 1. The first kappa shape index (κ1) is 10.9. The summed E-state index contributed by atoms with van der Waals surface area (Å²) >= 11 is 0. The molecule has 2 aromatic rings. The highest BCUT2D eigenvalue weighted by atomic mass is 16.6. The average Bonchev–Trinajstić information content (AvgIpc) is 2.39. The summed E-state index contributed by atoms with van der Waals surface area (Å²) in [6, 6.07) is 9.78. The van der Waals surface area contributed by atoms with Gasteiger partial charge in [0, 0.05) is 11.8 Å². The molecule has 0 fully saturated rings. The fourth-order valence-corrected chi connectivity index (χ4v) is 1.47. The molecule has 0 aliphatic rings. The van der Waals surface area contributed by atoms with E-state index in [1.807, 2.05) is 0 Å². The molecule has 0 atom stereocenters. The van der Waals surface area contributed by atoms with Gasteiger partial charge in [-0.15, -0.1) is 0 Å². The molecule has 0 amide bonds. The maximum atomic E-state index is 12.0. The highest BCUT2D eigenvalue weighted by Gasteiger charge is 2.20. The molecule has 2 rings (SSSR count). The molecule has 1 aromatic heterocycles. The summed E-state index contributed by atoms with van der Waals surface area (Å²) in [5.41, 5.74) is 0.194. The van der Waals surface area contributed by atoms with Gasteiger partial charge in [-0.2, -0.15) is 0 Å². The van der Waals surface area contributed by atoms with E-state index in [1.54, 1.807) is 30.3 Å². The Balaban J connectivity index is 2.48. The topological polar surface area (TPSA) is 73.1 Å². The molecule has 0 spiro atoms. The number of nitrogens with zero attached hydrogens (tertiary/aromatic N) is 2. The summed E-state index contributed by atoms with van der Waals surface area (Å²) in [7, 11) is 0. The molecular weight excluding hydrogens is 220 g/mol. The Hall–Kier alpha value is -2.56. The minimum Gasteiger partial charge on any atom is -0.288 e. The molecule has 17 heavy (non-hydrogen) atoms. The van der Waals surface area contributed by atoms with Crippen LogP contribution in [0.1, 0.15) is 15.9 Å². The number of hydrogen-bond donors (Lipinski definition) is 0. The van der Waals surface area contributed by atoms with E-state index in [1.165, 1.54) is 12.3 Å². The van der Waals surface area contributed by atoms with E-state index < -0.39 is 4.92 Å². The second-order valence-electron chi connectivity index (χ2n) is 3.35. The zero-order valence-electron chi connectivity index (χ0n) is 8.74. The lowest BCUT2D eigenvalue weighted by atomic mass is 10.0. The zero-order valence-corrected chi connectivity index (χ0v) is 8.74. The van der Waals surface area contributed by atoms with Crippen molar-refractivity contribution in [1.82, 2.24) is 4.98 Å². The Bertz CT molecular complexity index is 567. The van der Waals surface area contributed by atoms with Crippen LogP contribution < -0.4 is 0 Å². The molecule has 0 radical (unpaired) electrons. The van der Waals surface area contributed by atoms with Crippen LogP contribution in [0, 0.1) is 10.1 Å². The normalized spacial score (nSPS) is 9.88. The van der Waals surface area contributed by atoms with Crippen LogP contribution in [0.2, 0.25) is 0 Å². The van der Waals surface area contributed by atoms with Crippen LogP contribution in [-0.2, 0) is 0 Å². The van der Waals surface area contributed by atoms with Gasteiger partial charge in [-0.3, -0.25) is 19.9 Å². The van der Waals surface area contributed by atoms with Gasteiger partial charge in [-0.1, -0.05) is 30.3 Å². The maximum absolute atomic E-state index is 12.0. The molecule has 84 valence electrons. The monoisotopic (exact) mass is 228 g/mol. The first-order valence-electron chi connectivity index (χ1n) is 4.88. The van der Waals surface area contributed by atoms with Crippen molar-refractivity contribution in [2.75, 3.05) is 0 Å². The van der Waals surface area contributed by atoms with Crippen molar-refractivity contribution >= 4 is 11.5 Å². The lowest BCUT2D eigenvalue weighted by molar-refractivity contribution is -0.385. The van der Waals surface area contributed by atoms with Gasteiger partial charge in [-0.05, 0) is 6.07 Å². The molecule has 0 saturated heterocycles. The molecule has 0 aliphatic heterocycles. The fourth-order valence-electron chi connectivity index (χ4n) is 1.47. The maximum Gasteiger partial charge on any atom is 0.298 e. The molecule has 0 N–H and O–H groups in total. The van der Waals surface area contributed by atoms with Crippen LogP contribution in [0.25, 0.3) is 0 Å². The summed E-state index contributed by atoms with van der Waals surface area (Å²) in [5.74, 6) is -0.375. The van der Waals surface area contributed by atoms with Gasteiger partial charge in [0.05, 0.1) is 4.92 Å². The molecule has 1 heterocycles. The van der Waals surface area contributed by atoms with Crippen molar-refractivity contribution in [3.05, 3.63) is 70.0 Å². The number of ketones is 1. The Morgan fingerprint density at radius 2 is 1.88 bits per heavy atom. The van der Waals surface area contributed by atoms with Crippen molar-refractivity contribution < 1.29 is 9.72 Å². The number of carbonyl (C=O) groups excluding carboxylic acids is 1. The Kier molecular flexibility index (Phi) is 2.91. The lowest BCUT2D eigenvalue weighted by Crippen LogP contribution is -2.05. The van der Waals surface area contributed by atoms with E-state index in [2.05, 4.69) is 4.98 Å². The van der Waals surface area contributed by atoms with E-state index >= 15 is 0 Å². The summed E-state index contributed by atoms with van der Waals surface area (Å²) in [6.07, 6.45) is 2.44. The van der Waals surface area contributed by atoms with E-state index in [-0.39, 0.29) is 17.0 Å². The van der Waals surface area contributed by atoms with Crippen LogP contribution >= 0.6 is 0 Å². The highest BCUT2D eigenvalue weighted by molar-refractivity contribution is 6.11. The molecule has 5 nitrogen and oxygen atoms in total. The van der Waals surface area contributed by atoms with Gasteiger partial charge in [0.25, 0.3) is 5.69 Å². The number of hydrogen-bond acceptors (Lipinski definition) is 4. The quantitative estimate of drug-likeness (QED) is 0.458. The second kappa shape index (κ2) is 4.52. The molecule has 0 saturated carbocycles. The number of aromatic nitrogens is 1. The lowest BCUT2D eigenvalue weighted by Gasteiger charge is -2.01. The van der Waals surface area contributed by atoms with Crippen molar-refractivity contribution in [3.8, 4) is 0 Å². The molecule has 1 aromatic carbocycles. The van der Waals surface area contributed by atoms with Crippen molar-refractivity contribution in [2.24, 2.45) is 0 Å². The third-order valence-electron chi connectivity index (χ3n) is 2.28. The van der Waals surface area contributed by atoms with E-state index in [4.69, 9.17) is 0 Å². The summed E-state index contributed by atoms with van der Waals surface area (Å²) in [6.45, 7) is 0. The molecule has 5 heteroatoms. The van der Waals surface area contributed by atoms with Crippen LogP contribution in [0.15, 0.2) is 48.8 Å². The Morgan fingerprint density at radius 3 is 2.53 bits per heavy atom. The van der Waals surface area contributed by atoms with Crippen molar-refractivity contribution in [3.63, 3.8) is 0 Å². The van der Waals surface area contributed by atoms with Crippen molar-refractivity contribution in [1.29, 1.82) is 0 Å². The minimum atomic E-state index is -0.608. The molecular formula is C12H8N2O3. The van der Waals surface area contributed by atoms with Gasteiger partial charge >= 0.3 is 0 Å². The summed E-state index contributed by atoms with van der Waals surface area (Å²) in [4.78, 5) is 25.9. The SMILES string of the molecule is O=C(c1ccccc1)c1ccncc1[N+](=O)[O-]. The summed E-state index contributed by atoms with van der Waals surface area (Å²) < 4.78 is 0. The van der Waals surface area contributed by atoms with Gasteiger partial charge in [-0.25, -0.2) is 0 Å². The molecule has 0 unspecified atom stereocenters. The average molecular weight is 228 g/mol. The van der Waals surface area contributed by atoms with Crippen LogP contribution in [-0.4, -0.2) is 15.7 Å². The summed E-state index contributed by atoms with van der Waals surface area (Å²) in [5, 5.41) is 10.8. The van der Waals surface area contributed by atoms with Gasteiger partial charge in [0.15, 0.2) is 5.78 Å². The van der Waals surface area contributed by atoms with Crippen molar-refractivity contribution in [2.45, 2.75) is 0 Å². The van der Waals surface area contributed by atoms with Gasteiger partial charge < -0.3 is 0 Å². The van der Waals surface area contributed by atoms with E-state index in [9.17, 15) is 14.9 Å². The van der Waals surface area contributed by atoms with Gasteiger partial charge in [0.2, 0.25) is 0 Å². The smallest absolute Gasteiger partial charge is 0.288 e. The first-order valence-corrected chi connectivity index (χ1v) is 4.88. The second-order valence-corrected chi connectivity index (χ2v) is 3.35. The predicted molar refractivity (Wildman–Crippen MR) is 60.8 cm³/mol.